The summed E-state index contributed by atoms with van der Waals surface area (Å²) in [4.78, 5) is 0. The molecular weight excluding hydrogens is 286 g/mol. The Balaban J connectivity index is 3.35. The molecule has 0 aliphatic heterocycles. The average Bonchev–Trinajstić information content (AvgIpc) is 2.46. The van der Waals surface area contributed by atoms with Crippen LogP contribution in [0.2, 0.25) is 16.6 Å². The van der Waals surface area contributed by atoms with Crippen molar-refractivity contribution >= 4 is 13.8 Å². The minimum atomic E-state index is -1.69. The number of anilines is 1. The van der Waals surface area contributed by atoms with Crippen molar-refractivity contribution in [3.05, 3.63) is 23.8 Å². The van der Waals surface area contributed by atoms with Crippen molar-refractivity contribution in [3.63, 3.8) is 0 Å². The van der Waals surface area contributed by atoms with Crippen LogP contribution in [-0.2, 0) is 0 Å². The van der Waals surface area contributed by atoms with Crippen LogP contribution in [0, 0.1) is 11.5 Å². The van der Waals surface area contributed by atoms with E-state index in [2.05, 4.69) is 64.4 Å². The molecular formula is C19H31NOSi. The molecule has 1 N–H and O–H groups in total. The highest BCUT2D eigenvalue weighted by Crippen LogP contribution is 2.40. The van der Waals surface area contributed by atoms with Crippen LogP contribution in [0.15, 0.2) is 18.2 Å². The number of nitrogens with one attached hydrogen (secondary N) is 1. The molecule has 22 heavy (non-hydrogen) atoms. The predicted octanol–water partition coefficient (Wildman–Crippen LogP) is 5.31. The molecule has 0 spiro atoms. The first-order valence-corrected chi connectivity index (χ1v) is 10.4. The molecule has 2 nitrogen and oxygen atoms in total. The summed E-state index contributed by atoms with van der Waals surface area (Å²) in [5, 5.41) is 3.23. The van der Waals surface area contributed by atoms with E-state index in [4.69, 9.17) is 4.74 Å². The van der Waals surface area contributed by atoms with Gasteiger partial charge in [0.1, 0.15) is 13.8 Å². The van der Waals surface area contributed by atoms with Gasteiger partial charge in [0.05, 0.1) is 12.8 Å². The molecule has 0 unspecified atom stereocenters. The standard InChI is InChI=1S/C19H31NOSi/c1-14(2)22(15(3)4,16(5)6)12-11-17-9-10-18(21-8)13-19(17)20-7/h9-10,13-16,20H,1-8H3. The van der Waals surface area contributed by atoms with Crippen molar-refractivity contribution < 1.29 is 4.74 Å². The van der Waals surface area contributed by atoms with E-state index in [9.17, 15) is 0 Å². The Labute approximate surface area is 137 Å². The number of methoxy groups -OCH3 is 1. The van der Waals surface area contributed by atoms with Crippen molar-refractivity contribution in [1.82, 2.24) is 0 Å². The summed E-state index contributed by atoms with van der Waals surface area (Å²) in [6.45, 7) is 14.0. The summed E-state index contributed by atoms with van der Waals surface area (Å²) >= 11 is 0. The van der Waals surface area contributed by atoms with Gasteiger partial charge in [-0.2, -0.15) is 0 Å². The van der Waals surface area contributed by atoms with E-state index in [1.165, 1.54) is 0 Å². The monoisotopic (exact) mass is 317 g/mol. The molecule has 0 atom stereocenters. The number of hydrogen-bond donors (Lipinski definition) is 1. The molecule has 0 radical (unpaired) electrons. The van der Waals surface area contributed by atoms with Crippen LogP contribution in [0.25, 0.3) is 0 Å². The van der Waals surface area contributed by atoms with Crippen LogP contribution in [-0.4, -0.2) is 22.2 Å². The topological polar surface area (TPSA) is 21.3 Å². The SMILES string of the molecule is CNc1cc(OC)ccc1C#C[Si](C(C)C)(C(C)C)C(C)C. The second-order valence-corrected chi connectivity index (χ2v) is 12.4. The number of hydrogen-bond acceptors (Lipinski definition) is 2. The van der Waals surface area contributed by atoms with E-state index in [-0.39, 0.29) is 0 Å². The Morgan fingerprint density at radius 1 is 1.00 bits per heavy atom. The Hall–Kier alpha value is -1.40. The molecule has 3 heteroatoms. The number of ether oxygens (including phenoxy) is 1. The van der Waals surface area contributed by atoms with E-state index >= 15 is 0 Å². The minimum absolute atomic E-state index is 0.649. The molecule has 1 aromatic carbocycles. The lowest BCUT2D eigenvalue weighted by molar-refractivity contribution is 0.415. The third-order valence-corrected chi connectivity index (χ3v) is 11.1. The molecule has 1 aromatic rings. The average molecular weight is 318 g/mol. The number of benzene rings is 1. The van der Waals surface area contributed by atoms with Gasteiger partial charge in [-0.1, -0.05) is 47.5 Å². The van der Waals surface area contributed by atoms with Gasteiger partial charge < -0.3 is 10.1 Å². The maximum atomic E-state index is 5.29. The van der Waals surface area contributed by atoms with Crippen molar-refractivity contribution in [2.24, 2.45) is 0 Å². The molecule has 0 amide bonds. The zero-order valence-corrected chi connectivity index (χ0v) is 16.4. The first kappa shape index (κ1) is 18.6. The minimum Gasteiger partial charge on any atom is -0.497 e. The summed E-state index contributed by atoms with van der Waals surface area (Å²) < 4.78 is 5.29. The van der Waals surface area contributed by atoms with E-state index < -0.39 is 8.07 Å². The summed E-state index contributed by atoms with van der Waals surface area (Å²) in [7, 11) is 1.93. The van der Waals surface area contributed by atoms with E-state index in [0.29, 0.717) is 16.6 Å². The molecule has 0 fully saturated rings. The van der Waals surface area contributed by atoms with Crippen LogP contribution in [0.1, 0.15) is 47.1 Å². The summed E-state index contributed by atoms with van der Waals surface area (Å²) in [5.41, 5.74) is 7.81. The summed E-state index contributed by atoms with van der Waals surface area (Å²) in [5.74, 6) is 4.35. The van der Waals surface area contributed by atoms with Crippen molar-refractivity contribution in [2.45, 2.75) is 58.2 Å². The van der Waals surface area contributed by atoms with Crippen LogP contribution < -0.4 is 10.1 Å². The third kappa shape index (κ3) is 3.67. The van der Waals surface area contributed by atoms with Gasteiger partial charge >= 0.3 is 0 Å². The van der Waals surface area contributed by atoms with Gasteiger partial charge in [-0.25, -0.2) is 0 Å². The van der Waals surface area contributed by atoms with Gasteiger partial charge in [0, 0.05) is 18.7 Å². The molecule has 1 rings (SSSR count). The van der Waals surface area contributed by atoms with Crippen molar-refractivity contribution in [1.29, 1.82) is 0 Å². The molecule has 0 bridgehead atoms. The largest absolute Gasteiger partial charge is 0.497 e. The Morgan fingerprint density at radius 3 is 1.95 bits per heavy atom. The fourth-order valence-electron chi connectivity index (χ4n) is 3.57. The Kier molecular flexibility index (Phi) is 6.56. The fourth-order valence-corrected chi connectivity index (χ4v) is 8.79. The first-order chi connectivity index (χ1) is 10.3. The highest BCUT2D eigenvalue weighted by atomic mass is 28.3. The van der Waals surface area contributed by atoms with E-state index in [1.54, 1.807) is 7.11 Å². The quantitative estimate of drug-likeness (QED) is 0.587. The zero-order chi connectivity index (χ0) is 16.9. The predicted molar refractivity (Wildman–Crippen MR) is 100 cm³/mol. The van der Waals surface area contributed by atoms with Crippen LogP contribution in [0.5, 0.6) is 5.75 Å². The van der Waals surface area contributed by atoms with Crippen LogP contribution in [0.3, 0.4) is 0 Å². The molecule has 0 aliphatic carbocycles. The lowest BCUT2D eigenvalue weighted by Gasteiger charge is -2.38. The fraction of sp³-hybridized carbons (Fsp3) is 0.579. The molecule has 122 valence electrons. The zero-order valence-electron chi connectivity index (χ0n) is 15.4. The Morgan fingerprint density at radius 2 is 1.55 bits per heavy atom. The number of rotatable bonds is 5. The van der Waals surface area contributed by atoms with Gasteiger partial charge in [0.25, 0.3) is 0 Å². The van der Waals surface area contributed by atoms with Crippen LogP contribution in [0.4, 0.5) is 5.69 Å². The molecule has 0 heterocycles. The van der Waals surface area contributed by atoms with Gasteiger partial charge in [-0.05, 0) is 28.8 Å². The van der Waals surface area contributed by atoms with Crippen LogP contribution >= 0.6 is 0 Å². The lowest BCUT2D eigenvalue weighted by atomic mass is 10.2. The maximum absolute atomic E-state index is 5.29. The van der Waals surface area contributed by atoms with Gasteiger partial charge in [0.2, 0.25) is 0 Å². The van der Waals surface area contributed by atoms with Crippen molar-refractivity contribution in [2.75, 3.05) is 19.5 Å². The lowest BCUT2D eigenvalue weighted by Crippen LogP contribution is -2.43. The molecule has 0 aromatic heterocycles. The molecule has 0 saturated heterocycles. The molecule has 0 aliphatic rings. The van der Waals surface area contributed by atoms with E-state index in [1.807, 2.05) is 19.2 Å². The smallest absolute Gasteiger partial charge is 0.146 e. The van der Waals surface area contributed by atoms with Gasteiger partial charge in [0.15, 0.2) is 0 Å². The third-order valence-electron chi connectivity index (χ3n) is 4.78. The maximum Gasteiger partial charge on any atom is 0.146 e. The van der Waals surface area contributed by atoms with Gasteiger partial charge in [-0.15, -0.1) is 5.54 Å². The Bertz CT molecular complexity index is 531. The second kappa shape index (κ2) is 7.74. The summed E-state index contributed by atoms with van der Waals surface area (Å²) in [6, 6.07) is 6.04. The first-order valence-electron chi connectivity index (χ1n) is 8.18. The molecule has 0 saturated carbocycles. The van der Waals surface area contributed by atoms with E-state index in [0.717, 1.165) is 17.0 Å². The van der Waals surface area contributed by atoms with Crippen molar-refractivity contribution in [3.8, 4) is 17.2 Å². The summed E-state index contributed by atoms with van der Waals surface area (Å²) in [6.07, 6.45) is 0. The van der Waals surface area contributed by atoms with Gasteiger partial charge in [-0.3, -0.25) is 0 Å². The normalized spacial score (nSPS) is 11.6. The highest BCUT2D eigenvalue weighted by Gasteiger charge is 2.41. The highest BCUT2D eigenvalue weighted by molar-refractivity contribution is 6.90. The second-order valence-electron chi connectivity index (χ2n) is 6.81.